The van der Waals surface area contributed by atoms with Crippen LogP contribution in [0.1, 0.15) is 29.6 Å². The Morgan fingerprint density at radius 2 is 2.28 bits per heavy atom. The highest BCUT2D eigenvalue weighted by molar-refractivity contribution is 6.33. The minimum atomic E-state index is -0.145. The number of anilines is 1. The van der Waals surface area contributed by atoms with E-state index in [-0.39, 0.29) is 18.6 Å². The average Bonchev–Trinajstić information content (AvgIpc) is 2.41. The summed E-state index contributed by atoms with van der Waals surface area (Å²) in [7, 11) is 0. The number of rotatable bonds is 2. The first-order valence-electron chi connectivity index (χ1n) is 6.11. The molecule has 1 saturated heterocycles. The predicted molar refractivity (Wildman–Crippen MR) is 71.6 cm³/mol. The normalized spacial score (nSPS) is 19.9. The zero-order valence-electron chi connectivity index (χ0n) is 10.1. The molecule has 1 aromatic rings. The fourth-order valence-electron chi connectivity index (χ4n) is 2.34. The Morgan fingerprint density at radius 3 is 3.00 bits per heavy atom. The van der Waals surface area contributed by atoms with Crippen molar-refractivity contribution in [2.75, 3.05) is 18.9 Å². The van der Waals surface area contributed by atoms with Crippen LogP contribution in [0.25, 0.3) is 0 Å². The Kier molecular flexibility index (Phi) is 4.09. The summed E-state index contributed by atoms with van der Waals surface area (Å²) in [6, 6.07) is 4.94. The molecule has 1 aliphatic heterocycles. The maximum Gasteiger partial charge on any atom is 0.256 e. The van der Waals surface area contributed by atoms with E-state index in [0.717, 1.165) is 19.3 Å². The van der Waals surface area contributed by atoms with E-state index in [9.17, 15) is 9.90 Å². The summed E-state index contributed by atoms with van der Waals surface area (Å²) in [5, 5.41) is 9.72. The molecule has 1 fully saturated rings. The Hall–Kier alpha value is -1.26. The Bertz CT molecular complexity index is 451. The van der Waals surface area contributed by atoms with Crippen molar-refractivity contribution in [3.8, 4) is 0 Å². The molecule has 0 aliphatic carbocycles. The molecule has 0 spiro atoms. The number of amides is 1. The zero-order chi connectivity index (χ0) is 13.1. The lowest BCUT2D eigenvalue weighted by molar-refractivity contribution is 0.0504. The van der Waals surface area contributed by atoms with Gasteiger partial charge in [-0.2, -0.15) is 0 Å². The first kappa shape index (κ1) is 13.2. The van der Waals surface area contributed by atoms with Crippen LogP contribution in [0.2, 0.25) is 5.02 Å². The molecular weight excluding hydrogens is 252 g/mol. The van der Waals surface area contributed by atoms with Crippen LogP contribution in [0.4, 0.5) is 5.69 Å². The van der Waals surface area contributed by atoms with Gasteiger partial charge >= 0.3 is 0 Å². The Morgan fingerprint density at radius 1 is 1.50 bits per heavy atom. The highest BCUT2D eigenvalue weighted by atomic mass is 35.5. The van der Waals surface area contributed by atoms with Crippen LogP contribution in [0.3, 0.4) is 0 Å². The third-order valence-electron chi connectivity index (χ3n) is 3.38. The fraction of sp³-hybridized carbons (Fsp3) is 0.462. The molecule has 98 valence electrons. The van der Waals surface area contributed by atoms with Crippen molar-refractivity contribution >= 4 is 23.2 Å². The molecule has 1 unspecified atom stereocenters. The van der Waals surface area contributed by atoms with Gasteiger partial charge in [0.2, 0.25) is 0 Å². The van der Waals surface area contributed by atoms with Gasteiger partial charge in [0.15, 0.2) is 0 Å². The van der Waals surface area contributed by atoms with Gasteiger partial charge in [0.1, 0.15) is 0 Å². The van der Waals surface area contributed by atoms with Crippen LogP contribution in [-0.2, 0) is 0 Å². The van der Waals surface area contributed by atoms with Crippen molar-refractivity contribution in [1.29, 1.82) is 0 Å². The molecule has 1 atom stereocenters. The minimum Gasteiger partial charge on any atom is -0.397 e. The predicted octanol–water partition coefficient (Wildman–Crippen LogP) is 1.91. The number of carbonyl (C=O) groups is 1. The summed E-state index contributed by atoms with van der Waals surface area (Å²) in [5.74, 6) is -0.145. The van der Waals surface area contributed by atoms with Gasteiger partial charge in [-0.25, -0.2) is 0 Å². The lowest BCUT2D eigenvalue weighted by atomic mass is 10.0. The van der Waals surface area contributed by atoms with Crippen LogP contribution in [-0.4, -0.2) is 35.1 Å². The molecule has 0 aromatic heterocycles. The van der Waals surface area contributed by atoms with E-state index < -0.39 is 0 Å². The minimum absolute atomic E-state index is 0.00773. The highest BCUT2D eigenvalue weighted by Crippen LogP contribution is 2.26. The fourth-order valence-corrected chi connectivity index (χ4v) is 2.51. The van der Waals surface area contributed by atoms with Crippen LogP contribution < -0.4 is 5.73 Å². The smallest absolute Gasteiger partial charge is 0.256 e. The molecule has 1 amide bonds. The number of aliphatic hydroxyl groups is 1. The lowest BCUT2D eigenvalue weighted by Gasteiger charge is -2.35. The van der Waals surface area contributed by atoms with E-state index in [1.165, 1.54) is 0 Å². The number of likely N-dealkylation sites (tertiary alicyclic amines) is 1. The molecule has 4 nitrogen and oxygen atoms in total. The van der Waals surface area contributed by atoms with Gasteiger partial charge in [0.25, 0.3) is 5.91 Å². The van der Waals surface area contributed by atoms with Crippen LogP contribution >= 0.6 is 11.6 Å². The summed E-state index contributed by atoms with van der Waals surface area (Å²) in [6.07, 6.45) is 2.84. The average molecular weight is 269 g/mol. The number of hydrogen-bond donors (Lipinski definition) is 2. The van der Waals surface area contributed by atoms with Gasteiger partial charge in [-0.15, -0.1) is 0 Å². The summed E-state index contributed by atoms with van der Waals surface area (Å²) in [6.45, 7) is 0.655. The first-order valence-corrected chi connectivity index (χ1v) is 6.48. The number of aliphatic hydroxyl groups excluding tert-OH is 1. The molecule has 1 heterocycles. The van der Waals surface area contributed by atoms with Crippen molar-refractivity contribution in [1.82, 2.24) is 4.90 Å². The molecule has 1 aromatic carbocycles. The number of nitrogens with zero attached hydrogens (tertiary/aromatic N) is 1. The number of para-hydroxylation sites is 1. The zero-order valence-corrected chi connectivity index (χ0v) is 10.9. The molecule has 18 heavy (non-hydrogen) atoms. The van der Waals surface area contributed by atoms with E-state index in [1.807, 2.05) is 0 Å². The standard InChI is InChI=1S/C13H17ClN2O2/c14-11-6-3-5-10(12(11)15)13(18)16-7-2-1-4-9(16)8-17/h3,5-6,9,17H,1-2,4,7-8,15H2. The Labute approximate surface area is 111 Å². The second-order valence-electron chi connectivity index (χ2n) is 4.53. The van der Waals surface area contributed by atoms with Crippen molar-refractivity contribution in [3.05, 3.63) is 28.8 Å². The highest BCUT2D eigenvalue weighted by Gasteiger charge is 2.28. The largest absolute Gasteiger partial charge is 0.397 e. The van der Waals surface area contributed by atoms with Gasteiger partial charge < -0.3 is 15.7 Å². The van der Waals surface area contributed by atoms with Crippen LogP contribution in [0.5, 0.6) is 0 Å². The van der Waals surface area contributed by atoms with Gasteiger partial charge in [0, 0.05) is 6.54 Å². The maximum atomic E-state index is 12.4. The lowest BCUT2D eigenvalue weighted by Crippen LogP contribution is -2.45. The van der Waals surface area contributed by atoms with E-state index >= 15 is 0 Å². The molecule has 0 bridgehead atoms. The van der Waals surface area contributed by atoms with Gasteiger partial charge in [-0.1, -0.05) is 17.7 Å². The summed E-state index contributed by atoms with van der Waals surface area (Å²) in [5.41, 5.74) is 6.57. The number of hydrogen-bond acceptors (Lipinski definition) is 3. The van der Waals surface area contributed by atoms with E-state index in [4.69, 9.17) is 17.3 Å². The molecular formula is C13H17ClN2O2. The summed E-state index contributed by atoms with van der Waals surface area (Å²) < 4.78 is 0. The number of halogens is 1. The monoisotopic (exact) mass is 268 g/mol. The van der Waals surface area contributed by atoms with Crippen LogP contribution in [0, 0.1) is 0 Å². The molecule has 5 heteroatoms. The molecule has 2 rings (SSSR count). The van der Waals surface area contributed by atoms with Gasteiger partial charge in [-0.05, 0) is 31.4 Å². The first-order chi connectivity index (χ1) is 8.65. The molecule has 1 aliphatic rings. The van der Waals surface area contributed by atoms with Crippen LogP contribution in [0.15, 0.2) is 18.2 Å². The maximum absolute atomic E-state index is 12.4. The second-order valence-corrected chi connectivity index (χ2v) is 4.94. The molecule has 0 radical (unpaired) electrons. The second kappa shape index (κ2) is 5.59. The van der Waals surface area contributed by atoms with Gasteiger partial charge in [0.05, 0.1) is 28.9 Å². The number of piperidine rings is 1. The van der Waals surface area contributed by atoms with Gasteiger partial charge in [-0.3, -0.25) is 4.79 Å². The number of nitrogens with two attached hydrogens (primary N) is 1. The molecule has 0 saturated carbocycles. The number of carbonyl (C=O) groups excluding carboxylic acids is 1. The third-order valence-corrected chi connectivity index (χ3v) is 3.71. The van der Waals surface area contributed by atoms with E-state index in [2.05, 4.69) is 0 Å². The van der Waals surface area contributed by atoms with E-state index in [0.29, 0.717) is 22.8 Å². The number of benzene rings is 1. The molecule has 3 N–H and O–H groups in total. The van der Waals surface area contributed by atoms with Crippen molar-refractivity contribution in [2.45, 2.75) is 25.3 Å². The summed E-state index contributed by atoms with van der Waals surface area (Å²) in [4.78, 5) is 14.1. The quantitative estimate of drug-likeness (QED) is 0.805. The van der Waals surface area contributed by atoms with E-state index in [1.54, 1.807) is 23.1 Å². The van der Waals surface area contributed by atoms with Crippen molar-refractivity contribution < 1.29 is 9.90 Å². The Balaban J connectivity index is 2.27. The third kappa shape index (κ3) is 2.44. The SMILES string of the molecule is Nc1c(Cl)cccc1C(=O)N1CCCCC1CO. The van der Waals surface area contributed by atoms with Crippen molar-refractivity contribution in [3.63, 3.8) is 0 Å². The summed E-state index contributed by atoms with van der Waals surface area (Å²) >= 11 is 5.92. The topological polar surface area (TPSA) is 66.6 Å². The van der Waals surface area contributed by atoms with Crippen molar-refractivity contribution in [2.24, 2.45) is 0 Å². The number of nitrogen functional groups attached to an aromatic ring is 1.